The molecule has 1 unspecified atom stereocenters. The Labute approximate surface area is 136 Å². The van der Waals surface area contributed by atoms with E-state index in [1.54, 1.807) is 24.3 Å². The standard InChI is InChI=1S/C19H20O4/c1-4-15(18(20)13-8-6-5-7-9-13)14-10-11-17(22-2)16(12-14)19(21)23-3/h5-12,15H,4H2,1-3H3. The van der Waals surface area contributed by atoms with Crippen LogP contribution in [0.3, 0.4) is 0 Å². The van der Waals surface area contributed by atoms with Crippen LogP contribution in [0, 0.1) is 0 Å². The maximum absolute atomic E-state index is 12.7. The van der Waals surface area contributed by atoms with Crippen LogP contribution in [0.15, 0.2) is 48.5 Å². The summed E-state index contributed by atoms with van der Waals surface area (Å²) in [6.07, 6.45) is 0.640. The summed E-state index contributed by atoms with van der Waals surface area (Å²) in [5.41, 5.74) is 1.77. The fourth-order valence-electron chi connectivity index (χ4n) is 2.59. The van der Waals surface area contributed by atoms with Crippen molar-refractivity contribution < 1.29 is 19.1 Å². The SMILES string of the molecule is CCC(C(=O)c1ccccc1)c1ccc(OC)c(C(=O)OC)c1. The van der Waals surface area contributed by atoms with E-state index in [0.29, 0.717) is 23.3 Å². The predicted octanol–water partition coefficient (Wildman–Crippen LogP) is 3.86. The average molecular weight is 312 g/mol. The van der Waals surface area contributed by atoms with Crippen LogP contribution < -0.4 is 4.74 Å². The minimum atomic E-state index is -0.481. The minimum Gasteiger partial charge on any atom is -0.496 e. The van der Waals surface area contributed by atoms with E-state index < -0.39 is 5.97 Å². The lowest BCUT2D eigenvalue weighted by atomic mass is 9.87. The molecule has 0 aliphatic heterocycles. The Hall–Kier alpha value is -2.62. The molecule has 0 radical (unpaired) electrons. The number of carbonyl (C=O) groups excluding carboxylic acids is 2. The van der Waals surface area contributed by atoms with Crippen molar-refractivity contribution in [2.75, 3.05) is 14.2 Å². The molecule has 0 aromatic heterocycles. The van der Waals surface area contributed by atoms with Gasteiger partial charge in [0.2, 0.25) is 0 Å². The van der Waals surface area contributed by atoms with Crippen molar-refractivity contribution in [3.63, 3.8) is 0 Å². The summed E-state index contributed by atoms with van der Waals surface area (Å²) in [6.45, 7) is 1.95. The van der Waals surface area contributed by atoms with Crippen molar-refractivity contribution in [3.05, 3.63) is 65.2 Å². The molecule has 0 saturated heterocycles. The Bertz CT molecular complexity index is 692. The third-order valence-corrected chi connectivity index (χ3v) is 3.81. The maximum Gasteiger partial charge on any atom is 0.341 e. The van der Waals surface area contributed by atoms with Crippen molar-refractivity contribution in [1.29, 1.82) is 0 Å². The average Bonchev–Trinajstić information content (AvgIpc) is 2.62. The number of benzene rings is 2. The second-order valence-electron chi connectivity index (χ2n) is 5.14. The van der Waals surface area contributed by atoms with Gasteiger partial charge in [0.15, 0.2) is 5.78 Å². The third kappa shape index (κ3) is 3.59. The molecule has 23 heavy (non-hydrogen) atoms. The molecule has 2 rings (SSSR count). The molecule has 0 spiro atoms. The lowest BCUT2D eigenvalue weighted by Crippen LogP contribution is -2.13. The van der Waals surface area contributed by atoms with Crippen LogP contribution in [0.2, 0.25) is 0 Å². The van der Waals surface area contributed by atoms with Crippen molar-refractivity contribution in [1.82, 2.24) is 0 Å². The molecular formula is C19H20O4. The van der Waals surface area contributed by atoms with Crippen molar-refractivity contribution in [2.24, 2.45) is 0 Å². The first-order chi connectivity index (χ1) is 11.1. The number of ketones is 1. The van der Waals surface area contributed by atoms with Gasteiger partial charge in [0.1, 0.15) is 11.3 Å². The topological polar surface area (TPSA) is 52.6 Å². The smallest absolute Gasteiger partial charge is 0.341 e. The summed E-state index contributed by atoms with van der Waals surface area (Å²) < 4.78 is 9.98. The predicted molar refractivity (Wildman–Crippen MR) is 88.1 cm³/mol. The van der Waals surface area contributed by atoms with Gasteiger partial charge >= 0.3 is 5.97 Å². The zero-order valence-electron chi connectivity index (χ0n) is 13.5. The van der Waals surface area contributed by atoms with E-state index in [1.165, 1.54) is 14.2 Å². The van der Waals surface area contributed by atoms with E-state index >= 15 is 0 Å². The van der Waals surface area contributed by atoms with Crippen LogP contribution in [0.1, 0.15) is 45.5 Å². The van der Waals surface area contributed by atoms with E-state index in [9.17, 15) is 9.59 Å². The van der Waals surface area contributed by atoms with E-state index in [4.69, 9.17) is 9.47 Å². The molecule has 120 valence electrons. The summed E-state index contributed by atoms with van der Waals surface area (Å²) >= 11 is 0. The fourth-order valence-corrected chi connectivity index (χ4v) is 2.59. The number of carbonyl (C=O) groups is 2. The van der Waals surface area contributed by atoms with Gasteiger partial charge in [-0.05, 0) is 24.1 Å². The van der Waals surface area contributed by atoms with Crippen LogP contribution in [0.25, 0.3) is 0 Å². The van der Waals surface area contributed by atoms with Crippen molar-refractivity contribution in [2.45, 2.75) is 19.3 Å². The van der Waals surface area contributed by atoms with Crippen LogP contribution >= 0.6 is 0 Å². The third-order valence-electron chi connectivity index (χ3n) is 3.81. The fraction of sp³-hybridized carbons (Fsp3) is 0.263. The van der Waals surface area contributed by atoms with Gasteiger partial charge in [-0.2, -0.15) is 0 Å². The highest BCUT2D eigenvalue weighted by Crippen LogP contribution is 2.29. The monoisotopic (exact) mass is 312 g/mol. The molecule has 0 amide bonds. The van der Waals surface area contributed by atoms with E-state index in [1.807, 2.05) is 31.2 Å². The second-order valence-corrected chi connectivity index (χ2v) is 5.14. The Morgan fingerprint density at radius 1 is 1.04 bits per heavy atom. The number of methoxy groups -OCH3 is 2. The Morgan fingerprint density at radius 3 is 2.30 bits per heavy atom. The molecule has 2 aromatic carbocycles. The summed E-state index contributed by atoms with van der Waals surface area (Å²) in [5, 5.41) is 0. The molecule has 2 aromatic rings. The van der Waals surface area contributed by atoms with Gasteiger partial charge in [-0.1, -0.05) is 43.3 Å². The highest BCUT2D eigenvalue weighted by Gasteiger charge is 2.23. The molecule has 4 heteroatoms. The summed E-state index contributed by atoms with van der Waals surface area (Å²) in [4.78, 5) is 24.6. The molecule has 0 bridgehead atoms. The molecule has 0 aliphatic carbocycles. The number of hydrogen-bond donors (Lipinski definition) is 0. The summed E-state index contributed by atoms with van der Waals surface area (Å²) in [7, 11) is 2.81. The van der Waals surface area contributed by atoms with Gasteiger partial charge in [0.25, 0.3) is 0 Å². The van der Waals surface area contributed by atoms with Crippen molar-refractivity contribution >= 4 is 11.8 Å². The molecule has 0 heterocycles. The summed E-state index contributed by atoms with van der Waals surface area (Å²) in [5.74, 6) is -0.325. The van der Waals surface area contributed by atoms with E-state index in [2.05, 4.69) is 0 Å². The Morgan fingerprint density at radius 2 is 1.74 bits per heavy atom. The molecule has 0 N–H and O–H groups in total. The zero-order valence-corrected chi connectivity index (χ0v) is 13.5. The van der Waals surface area contributed by atoms with Gasteiger partial charge in [-0.15, -0.1) is 0 Å². The molecule has 0 aliphatic rings. The number of ether oxygens (including phenoxy) is 2. The Kier molecular flexibility index (Phi) is 5.52. The first-order valence-electron chi connectivity index (χ1n) is 7.47. The van der Waals surface area contributed by atoms with Gasteiger partial charge in [0.05, 0.1) is 14.2 Å². The lowest BCUT2D eigenvalue weighted by molar-refractivity contribution is 0.0596. The Balaban J connectivity index is 2.42. The van der Waals surface area contributed by atoms with Gasteiger partial charge < -0.3 is 9.47 Å². The number of esters is 1. The first kappa shape index (κ1) is 16.7. The molecule has 4 nitrogen and oxygen atoms in total. The van der Waals surface area contributed by atoms with Gasteiger partial charge in [0, 0.05) is 11.5 Å². The van der Waals surface area contributed by atoms with Crippen molar-refractivity contribution in [3.8, 4) is 5.75 Å². The number of rotatable bonds is 6. The summed E-state index contributed by atoms with van der Waals surface area (Å²) in [6, 6.07) is 14.4. The van der Waals surface area contributed by atoms with Crippen LogP contribution in [0.5, 0.6) is 5.75 Å². The maximum atomic E-state index is 12.7. The quantitative estimate of drug-likeness (QED) is 0.600. The highest BCUT2D eigenvalue weighted by atomic mass is 16.5. The van der Waals surface area contributed by atoms with E-state index in [-0.39, 0.29) is 11.7 Å². The van der Waals surface area contributed by atoms with Crippen LogP contribution in [-0.4, -0.2) is 26.0 Å². The van der Waals surface area contributed by atoms with Gasteiger partial charge in [-0.25, -0.2) is 4.79 Å². The van der Waals surface area contributed by atoms with E-state index in [0.717, 1.165) is 5.56 Å². The van der Waals surface area contributed by atoms with Gasteiger partial charge in [-0.3, -0.25) is 4.79 Å². The molecule has 0 saturated carbocycles. The van der Waals surface area contributed by atoms with Crippen LogP contribution in [-0.2, 0) is 4.74 Å². The first-order valence-corrected chi connectivity index (χ1v) is 7.47. The molecule has 0 fully saturated rings. The minimum absolute atomic E-state index is 0.0362. The molecular weight excluding hydrogens is 292 g/mol. The second kappa shape index (κ2) is 7.58. The largest absolute Gasteiger partial charge is 0.496 e. The normalized spacial score (nSPS) is 11.6. The highest BCUT2D eigenvalue weighted by molar-refractivity contribution is 6.01. The van der Waals surface area contributed by atoms with Crippen LogP contribution in [0.4, 0.5) is 0 Å². The number of hydrogen-bond acceptors (Lipinski definition) is 4. The number of Topliss-reactive ketones (excluding diaryl/α,β-unsaturated/α-hetero) is 1. The lowest BCUT2D eigenvalue weighted by Gasteiger charge is -2.16. The zero-order chi connectivity index (χ0) is 16.8. The molecule has 1 atom stereocenters.